The first kappa shape index (κ1) is 21.4. The Morgan fingerprint density at radius 2 is 1.80 bits per heavy atom. The van der Waals surface area contributed by atoms with Gasteiger partial charge < -0.3 is 4.74 Å². The summed E-state index contributed by atoms with van der Waals surface area (Å²) in [5, 5.41) is 13.1. The first-order valence-electron chi connectivity index (χ1n) is 8.57. The van der Waals surface area contributed by atoms with Crippen LogP contribution in [0.2, 0.25) is 0 Å². The Hall–Kier alpha value is -3.32. The second-order valence-corrected chi connectivity index (χ2v) is 8.39. The molecule has 10 heteroatoms. The zero-order valence-electron chi connectivity index (χ0n) is 15.9. The van der Waals surface area contributed by atoms with Gasteiger partial charge in [0.05, 0.1) is 18.1 Å². The highest BCUT2D eigenvalue weighted by molar-refractivity contribution is 7.90. The normalized spacial score (nSPS) is 11.5. The average molecular weight is 435 g/mol. The molecule has 0 aliphatic rings. The molecule has 0 radical (unpaired) electrons. The van der Waals surface area contributed by atoms with E-state index in [0.29, 0.717) is 5.56 Å². The predicted molar refractivity (Wildman–Crippen MR) is 103 cm³/mol. The average Bonchev–Trinajstić information content (AvgIpc) is 3.07. The molecule has 156 valence electrons. The lowest BCUT2D eigenvalue weighted by molar-refractivity contribution is 0.140. The molecule has 3 aromatic rings. The van der Waals surface area contributed by atoms with Crippen molar-refractivity contribution in [2.45, 2.75) is 17.9 Å². The molecule has 0 aliphatic heterocycles. The third-order valence-electron chi connectivity index (χ3n) is 4.42. The number of benzene rings is 2. The largest absolute Gasteiger partial charge is 0.494 e. The van der Waals surface area contributed by atoms with E-state index in [4.69, 9.17) is 10.00 Å². The highest BCUT2D eigenvalue weighted by Gasteiger charge is 2.27. The summed E-state index contributed by atoms with van der Waals surface area (Å²) in [6.45, 7) is -0.438. The number of nitriles is 1. The molecular weight excluding hydrogens is 419 g/mol. The van der Waals surface area contributed by atoms with Crippen LogP contribution in [0.25, 0.3) is 22.4 Å². The van der Waals surface area contributed by atoms with E-state index in [0.717, 1.165) is 17.0 Å². The SMILES string of the molecule is COc1ccc(-c2c(-c3ccc(S(C)(=O)=O)cc3)nn(CC#N)c2C(F)F)cc1F. The first-order valence-corrected chi connectivity index (χ1v) is 10.5. The highest BCUT2D eigenvalue weighted by Crippen LogP contribution is 2.40. The first-order chi connectivity index (χ1) is 14.2. The van der Waals surface area contributed by atoms with E-state index in [1.807, 2.05) is 0 Å². The lowest BCUT2D eigenvalue weighted by Gasteiger charge is -2.10. The van der Waals surface area contributed by atoms with Crippen molar-refractivity contribution in [1.82, 2.24) is 9.78 Å². The van der Waals surface area contributed by atoms with Crippen LogP contribution >= 0.6 is 0 Å². The molecule has 0 spiro atoms. The van der Waals surface area contributed by atoms with Crippen molar-refractivity contribution in [1.29, 1.82) is 5.26 Å². The summed E-state index contributed by atoms with van der Waals surface area (Å²) in [5.41, 5.74) is -0.0513. The maximum atomic E-state index is 14.3. The standard InChI is InChI=1S/C20H16F3N3O3S/c1-29-16-8-5-13(11-15(16)21)17-18(25-26(10-9-24)19(17)20(22)23)12-3-6-14(7-4-12)30(2,27)28/h3-8,11,20H,10H2,1-2H3. The van der Waals surface area contributed by atoms with Crippen molar-refractivity contribution in [2.24, 2.45) is 0 Å². The van der Waals surface area contributed by atoms with E-state index in [1.165, 1.54) is 43.5 Å². The highest BCUT2D eigenvalue weighted by atomic mass is 32.2. The molecule has 2 aromatic carbocycles. The van der Waals surface area contributed by atoms with Crippen molar-refractivity contribution in [3.05, 3.63) is 54.0 Å². The van der Waals surface area contributed by atoms with Gasteiger partial charge in [-0.05, 0) is 29.8 Å². The fourth-order valence-corrected chi connectivity index (χ4v) is 3.68. The molecular formula is C20H16F3N3O3S. The molecule has 1 aromatic heterocycles. The molecule has 0 amide bonds. The van der Waals surface area contributed by atoms with Gasteiger partial charge in [0.15, 0.2) is 21.4 Å². The molecule has 1 heterocycles. The number of methoxy groups -OCH3 is 1. The Morgan fingerprint density at radius 1 is 1.17 bits per heavy atom. The van der Waals surface area contributed by atoms with E-state index >= 15 is 0 Å². The number of alkyl halides is 2. The van der Waals surface area contributed by atoms with Gasteiger partial charge in [-0.2, -0.15) is 10.4 Å². The second-order valence-electron chi connectivity index (χ2n) is 6.37. The van der Waals surface area contributed by atoms with Crippen molar-refractivity contribution in [3.8, 4) is 34.2 Å². The van der Waals surface area contributed by atoms with Gasteiger partial charge in [0.2, 0.25) is 0 Å². The van der Waals surface area contributed by atoms with E-state index in [9.17, 15) is 21.6 Å². The number of halogens is 3. The maximum Gasteiger partial charge on any atom is 0.280 e. The Balaban J connectivity index is 2.28. The third-order valence-corrected chi connectivity index (χ3v) is 5.54. The summed E-state index contributed by atoms with van der Waals surface area (Å²) in [6, 6.07) is 11.0. The molecule has 0 bridgehead atoms. The van der Waals surface area contributed by atoms with Crippen LogP contribution in [0.1, 0.15) is 12.1 Å². The quantitative estimate of drug-likeness (QED) is 0.579. The van der Waals surface area contributed by atoms with Gasteiger partial charge in [0.25, 0.3) is 6.43 Å². The van der Waals surface area contributed by atoms with Gasteiger partial charge in [0, 0.05) is 17.4 Å². The van der Waals surface area contributed by atoms with Crippen LogP contribution in [0.3, 0.4) is 0 Å². The van der Waals surface area contributed by atoms with Gasteiger partial charge in [-0.1, -0.05) is 18.2 Å². The number of ether oxygens (including phenoxy) is 1. The lowest BCUT2D eigenvalue weighted by atomic mass is 9.98. The lowest BCUT2D eigenvalue weighted by Crippen LogP contribution is -2.04. The Labute approximate surface area is 171 Å². The van der Waals surface area contributed by atoms with Crippen LogP contribution in [0, 0.1) is 17.1 Å². The molecule has 0 aliphatic carbocycles. The minimum atomic E-state index is -3.45. The van der Waals surface area contributed by atoms with Gasteiger partial charge >= 0.3 is 0 Å². The summed E-state index contributed by atoms with van der Waals surface area (Å²) in [4.78, 5) is 0.0498. The smallest absolute Gasteiger partial charge is 0.280 e. The molecule has 0 saturated heterocycles. The molecule has 0 unspecified atom stereocenters. The number of sulfone groups is 1. The number of hydrogen-bond donors (Lipinski definition) is 0. The van der Waals surface area contributed by atoms with Crippen LogP contribution < -0.4 is 4.74 Å². The molecule has 0 N–H and O–H groups in total. The number of hydrogen-bond acceptors (Lipinski definition) is 5. The number of rotatable bonds is 6. The maximum absolute atomic E-state index is 14.3. The van der Waals surface area contributed by atoms with Crippen LogP contribution in [0.5, 0.6) is 5.75 Å². The minimum Gasteiger partial charge on any atom is -0.494 e. The Bertz CT molecular complexity index is 1230. The number of nitrogens with zero attached hydrogens (tertiary/aromatic N) is 3. The zero-order valence-corrected chi connectivity index (χ0v) is 16.8. The molecule has 0 atom stereocenters. The van der Waals surface area contributed by atoms with Crippen LogP contribution in [-0.4, -0.2) is 31.6 Å². The fourth-order valence-electron chi connectivity index (χ4n) is 3.05. The van der Waals surface area contributed by atoms with E-state index in [2.05, 4.69) is 5.10 Å². The van der Waals surface area contributed by atoms with Crippen LogP contribution in [0.4, 0.5) is 13.2 Å². The zero-order chi connectivity index (χ0) is 22.1. The van der Waals surface area contributed by atoms with Crippen molar-refractivity contribution in [3.63, 3.8) is 0 Å². The minimum absolute atomic E-state index is 0.0473. The molecule has 0 fully saturated rings. The van der Waals surface area contributed by atoms with Crippen molar-refractivity contribution >= 4 is 9.84 Å². The fraction of sp³-hybridized carbons (Fsp3) is 0.200. The number of aromatic nitrogens is 2. The van der Waals surface area contributed by atoms with E-state index < -0.39 is 34.3 Å². The predicted octanol–water partition coefficient (Wildman–Crippen LogP) is 4.23. The summed E-state index contributed by atoms with van der Waals surface area (Å²) in [7, 11) is -2.17. The second kappa shape index (κ2) is 8.20. The Kier molecular flexibility index (Phi) is 5.85. The van der Waals surface area contributed by atoms with Crippen LogP contribution in [0.15, 0.2) is 47.4 Å². The monoisotopic (exact) mass is 435 g/mol. The summed E-state index contributed by atoms with van der Waals surface area (Å²) in [5.74, 6) is -0.803. The molecule has 6 nitrogen and oxygen atoms in total. The molecule has 3 rings (SSSR count). The summed E-state index contributed by atoms with van der Waals surface area (Å²) in [6.07, 6.45) is -1.94. The topological polar surface area (TPSA) is 85.0 Å². The van der Waals surface area contributed by atoms with E-state index in [-0.39, 0.29) is 27.5 Å². The van der Waals surface area contributed by atoms with Gasteiger partial charge in [-0.15, -0.1) is 0 Å². The third kappa shape index (κ3) is 4.02. The molecule has 30 heavy (non-hydrogen) atoms. The van der Waals surface area contributed by atoms with Gasteiger partial charge in [-0.25, -0.2) is 26.3 Å². The van der Waals surface area contributed by atoms with E-state index in [1.54, 1.807) is 6.07 Å². The van der Waals surface area contributed by atoms with Gasteiger partial charge in [-0.3, -0.25) is 0 Å². The van der Waals surface area contributed by atoms with Crippen molar-refractivity contribution < 1.29 is 26.3 Å². The summed E-state index contributed by atoms with van der Waals surface area (Å²) >= 11 is 0. The van der Waals surface area contributed by atoms with Gasteiger partial charge in [0.1, 0.15) is 17.9 Å². The van der Waals surface area contributed by atoms with Crippen molar-refractivity contribution in [2.75, 3.05) is 13.4 Å². The molecule has 0 saturated carbocycles. The Morgan fingerprint density at radius 3 is 2.30 bits per heavy atom. The summed E-state index contributed by atoms with van der Waals surface area (Å²) < 4.78 is 71.3. The van der Waals surface area contributed by atoms with Crippen LogP contribution in [-0.2, 0) is 16.4 Å².